The Morgan fingerprint density at radius 2 is 2.11 bits per heavy atom. The highest BCUT2D eigenvalue weighted by atomic mass is 15.3. The molecule has 0 unspecified atom stereocenters. The number of hydrogen-bond acceptors (Lipinski definition) is 2. The Morgan fingerprint density at radius 1 is 1.32 bits per heavy atom. The van der Waals surface area contributed by atoms with Gasteiger partial charge in [0.25, 0.3) is 0 Å². The lowest BCUT2D eigenvalue weighted by molar-refractivity contribution is 0.569. The van der Waals surface area contributed by atoms with Gasteiger partial charge >= 0.3 is 0 Å². The first-order valence-electron chi connectivity index (χ1n) is 7.30. The molecule has 1 fully saturated rings. The molecule has 2 rings (SSSR count). The number of aromatic nitrogens is 2. The lowest BCUT2D eigenvalue weighted by Crippen LogP contribution is -2.38. The van der Waals surface area contributed by atoms with E-state index >= 15 is 0 Å². The predicted octanol–water partition coefficient (Wildman–Crippen LogP) is 1.63. The molecule has 0 bridgehead atoms. The van der Waals surface area contributed by atoms with Gasteiger partial charge < -0.3 is 10.6 Å². The van der Waals surface area contributed by atoms with Gasteiger partial charge in [0.2, 0.25) is 0 Å². The molecule has 0 saturated heterocycles. The van der Waals surface area contributed by atoms with Crippen molar-refractivity contribution in [2.24, 2.45) is 10.9 Å². The van der Waals surface area contributed by atoms with E-state index in [4.69, 9.17) is 0 Å². The summed E-state index contributed by atoms with van der Waals surface area (Å²) in [6.45, 7) is 2.89. The minimum Gasteiger partial charge on any atom is -0.356 e. The molecule has 0 spiro atoms. The van der Waals surface area contributed by atoms with E-state index in [2.05, 4.69) is 20.7 Å². The van der Waals surface area contributed by atoms with Gasteiger partial charge in [0.15, 0.2) is 5.96 Å². The van der Waals surface area contributed by atoms with Crippen LogP contribution in [0.2, 0.25) is 0 Å². The highest BCUT2D eigenvalue weighted by molar-refractivity contribution is 5.79. The zero-order chi connectivity index (χ0) is 13.3. The molecule has 19 heavy (non-hydrogen) atoms. The lowest BCUT2D eigenvalue weighted by Gasteiger charge is -2.11. The molecular weight excluding hydrogens is 238 g/mol. The topological polar surface area (TPSA) is 54.2 Å². The monoisotopic (exact) mass is 263 g/mol. The second-order valence-corrected chi connectivity index (χ2v) is 5.13. The molecule has 1 aromatic heterocycles. The zero-order valence-corrected chi connectivity index (χ0v) is 11.8. The maximum absolute atomic E-state index is 4.23. The molecule has 0 aromatic carbocycles. The Labute approximate surface area is 115 Å². The average Bonchev–Trinajstić information content (AvgIpc) is 3.11. The summed E-state index contributed by atoms with van der Waals surface area (Å²) in [4.78, 5) is 4.23. The number of nitrogens with one attached hydrogen (secondary N) is 2. The molecule has 0 radical (unpaired) electrons. The van der Waals surface area contributed by atoms with E-state index < -0.39 is 0 Å². The van der Waals surface area contributed by atoms with Gasteiger partial charge in [0, 0.05) is 39.1 Å². The minimum absolute atomic E-state index is 0.913. The maximum atomic E-state index is 4.23. The van der Waals surface area contributed by atoms with Crippen LogP contribution >= 0.6 is 0 Å². The third-order valence-corrected chi connectivity index (χ3v) is 3.42. The summed E-state index contributed by atoms with van der Waals surface area (Å²) in [5.41, 5.74) is 0. The van der Waals surface area contributed by atoms with Crippen LogP contribution in [0.1, 0.15) is 32.1 Å². The van der Waals surface area contributed by atoms with Crippen molar-refractivity contribution in [2.75, 3.05) is 20.1 Å². The van der Waals surface area contributed by atoms with Gasteiger partial charge in [-0.3, -0.25) is 9.67 Å². The summed E-state index contributed by atoms with van der Waals surface area (Å²) in [7, 11) is 1.82. The van der Waals surface area contributed by atoms with Crippen LogP contribution in [0.15, 0.2) is 23.5 Å². The Bertz CT molecular complexity index is 367. The first-order chi connectivity index (χ1) is 9.38. The van der Waals surface area contributed by atoms with Crippen molar-refractivity contribution in [2.45, 2.75) is 38.6 Å². The van der Waals surface area contributed by atoms with Gasteiger partial charge in [-0.2, -0.15) is 5.10 Å². The standard InChI is InChI=1S/C14H25N5/c1-15-14(16-8-2-5-13-6-7-13)17-9-3-11-19-12-4-10-18-19/h4,10,12-13H,2-3,5-9,11H2,1H3,(H2,15,16,17). The molecule has 1 aliphatic rings. The van der Waals surface area contributed by atoms with Crippen molar-refractivity contribution in [1.82, 2.24) is 20.4 Å². The number of rotatable bonds is 8. The van der Waals surface area contributed by atoms with Crippen LogP contribution in [0.3, 0.4) is 0 Å². The van der Waals surface area contributed by atoms with Crippen molar-refractivity contribution in [3.63, 3.8) is 0 Å². The summed E-state index contributed by atoms with van der Waals surface area (Å²) in [6, 6.07) is 1.95. The predicted molar refractivity (Wildman–Crippen MR) is 78.2 cm³/mol. The van der Waals surface area contributed by atoms with E-state index in [1.54, 1.807) is 0 Å². The van der Waals surface area contributed by atoms with E-state index in [0.717, 1.165) is 37.9 Å². The Balaban J connectivity index is 1.49. The summed E-state index contributed by atoms with van der Waals surface area (Å²) < 4.78 is 1.95. The molecule has 2 N–H and O–H groups in total. The van der Waals surface area contributed by atoms with Gasteiger partial charge in [-0.15, -0.1) is 0 Å². The summed E-state index contributed by atoms with van der Waals surface area (Å²) in [6.07, 6.45) is 10.4. The van der Waals surface area contributed by atoms with Crippen LogP contribution in [-0.2, 0) is 6.54 Å². The third kappa shape index (κ3) is 5.77. The fourth-order valence-electron chi connectivity index (χ4n) is 2.11. The van der Waals surface area contributed by atoms with Gasteiger partial charge in [0.1, 0.15) is 0 Å². The SMILES string of the molecule is CN=C(NCCCC1CC1)NCCCn1cccn1. The van der Waals surface area contributed by atoms with Crippen molar-refractivity contribution >= 4 is 5.96 Å². The molecule has 1 saturated carbocycles. The summed E-state index contributed by atoms with van der Waals surface area (Å²) >= 11 is 0. The second-order valence-electron chi connectivity index (χ2n) is 5.13. The molecule has 106 valence electrons. The van der Waals surface area contributed by atoms with Gasteiger partial charge in [0.05, 0.1) is 0 Å². The van der Waals surface area contributed by atoms with Gasteiger partial charge in [-0.25, -0.2) is 0 Å². The first-order valence-corrected chi connectivity index (χ1v) is 7.30. The highest BCUT2D eigenvalue weighted by Gasteiger charge is 2.19. The van der Waals surface area contributed by atoms with Gasteiger partial charge in [-0.05, 0) is 31.2 Å². The number of aryl methyl sites for hydroxylation is 1. The second kappa shape index (κ2) is 7.81. The first kappa shape index (κ1) is 13.9. The van der Waals surface area contributed by atoms with E-state index in [9.17, 15) is 0 Å². The van der Waals surface area contributed by atoms with Crippen LogP contribution < -0.4 is 10.6 Å². The molecular formula is C14H25N5. The fraction of sp³-hybridized carbons (Fsp3) is 0.714. The van der Waals surface area contributed by atoms with Crippen molar-refractivity contribution in [3.05, 3.63) is 18.5 Å². The molecule has 0 aliphatic heterocycles. The smallest absolute Gasteiger partial charge is 0.190 e. The molecule has 5 heteroatoms. The summed E-state index contributed by atoms with van der Waals surface area (Å²) in [5.74, 6) is 1.93. The maximum Gasteiger partial charge on any atom is 0.190 e. The van der Waals surface area contributed by atoms with E-state index in [1.165, 1.54) is 25.7 Å². The average molecular weight is 263 g/mol. The fourth-order valence-corrected chi connectivity index (χ4v) is 2.11. The van der Waals surface area contributed by atoms with Crippen LogP contribution in [0.4, 0.5) is 0 Å². The van der Waals surface area contributed by atoms with Crippen LogP contribution in [0, 0.1) is 5.92 Å². The normalized spacial score (nSPS) is 15.5. The van der Waals surface area contributed by atoms with E-state index in [1.807, 2.05) is 30.2 Å². The number of hydrogen-bond donors (Lipinski definition) is 2. The molecule has 1 aromatic rings. The number of aliphatic imine (C=N–C) groups is 1. The summed E-state index contributed by atoms with van der Waals surface area (Å²) in [5, 5.41) is 10.9. The minimum atomic E-state index is 0.913. The molecule has 0 amide bonds. The van der Waals surface area contributed by atoms with E-state index in [0.29, 0.717) is 0 Å². The molecule has 0 atom stereocenters. The zero-order valence-electron chi connectivity index (χ0n) is 11.8. The number of nitrogens with zero attached hydrogens (tertiary/aromatic N) is 3. The van der Waals surface area contributed by atoms with Crippen molar-refractivity contribution in [1.29, 1.82) is 0 Å². The van der Waals surface area contributed by atoms with Gasteiger partial charge in [-0.1, -0.05) is 12.8 Å². The molecule has 5 nitrogen and oxygen atoms in total. The highest BCUT2D eigenvalue weighted by Crippen LogP contribution is 2.33. The van der Waals surface area contributed by atoms with Crippen LogP contribution in [0.25, 0.3) is 0 Å². The largest absolute Gasteiger partial charge is 0.356 e. The Kier molecular flexibility index (Phi) is 5.72. The Morgan fingerprint density at radius 3 is 2.74 bits per heavy atom. The number of guanidine groups is 1. The van der Waals surface area contributed by atoms with Crippen LogP contribution in [0.5, 0.6) is 0 Å². The van der Waals surface area contributed by atoms with Crippen LogP contribution in [-0.4, -0.2) is 35.9 Å². The lowest BCUT2D eigenvalue weighted by atomic mass is 10.2. The van der Waals surface area contributed by atoms with E-state index in [-0.39, 0.29) is 0 Å². The quantitative estimate of drug-likeness (QED) is 0.426. The Hall–Kier alpha value is -1.52. The van der Waals surface area contributed by atoms with Crippen molar-refractivity contribution < 1.29 is 0 Å². The molecule has 1 aliphatic carbocycles. The third-order valence-electron chi connectivity index (χ3n) is 3.42. The van der Waals surface area contributed by atoms with Crippen molar-refractivity contribution in [3.8, 4) is 0 Å². The molecule has 1 heterocycles.